The third-order valence-corrected chi connectivity index (χ3v) is 7.74. The van der Waals surface area contributed by atoms with Gasteiger partial charge in [0.2, 0.25) is 10.0 Å². The molecule has 1 aromatic heterocycles. The lowest BCUT2D eigenvalue weighted by molar-refractivity contribution is 0.0568. The van der Waals surface area contributed by atoms with Crippen molar-refractivity contribution in [3.05, 3.63) is 30.1 Å². The molecule has 7 heteroatoms. The molecule has 140 valence electrons. The Bertz CT molecular complexity index is 657. The molecular formula is C18H29N3O3S. The highest BCUT2D eigenvalue weighted by atomic mass is 32.2. The van der Waals surface area contributed by atoms with Gasteiger partial charge in [-0.15, -0.1) is 0 Å². The first-order valence-corrected chi connectivity index (χ1v) is 10.7. The number of sulfonamides is 1. The zero-order valence-electron chi connectivity index (χ0n) is 15.2. The molecule has 0 saturated carbocycles. The van der Waals surface area contributed by atoms with Gasteiger partial charge in [0.05, 0.1) is 12.4 Å². The van der Waals surface area contributed by atoms with E-state index in [2.05, 4.69) is 16.0 Å². The van der Waals surface area contributed by atoms with Crippen LogP contribution in [0.2, 0.25) is 0 Å². The number of hydrogen-bond acceptors (Lipinski definition) is 5. The van der Waals surface area contributed by atoms with Gasteiger partial charge < -0.3 is 4.74 Å². The first-order chi connectivity index (χ1) is 12.0. The van der Waals surface area contributed by atoms with E-state index in [0.717, 1.165) is 39.1 Å². The van der Waals surface area contributed by atoms with Crippen LogP contribution in [-0.2, 0) is 21.3 Å². The molecule has 6 nitrogen and oxygen atoms in total. The van der Waals surface area contributed by atoms with Gasteiger partial charge in [0.15, 0.2) is 0 Å². The standard InChI is InChI=1S/C18H29N3O3S/c1-3-25(22,23)21-9-6-18(7-10-21)15-20(13-17(18)14-24-2)12-16-5-4-8-19-11-16/h4-5,8,11,17H,3,6-7,9-10,12-15H2,1-2H3. The molecule has 1 unspecified atom stereocenters. The Labute approximate surface area is 151 Å². The van der Waals surface area contributed by atoms with Crippen molar-refractivity contribution in [2.45, 2.75) is 26.3 Å². The van der Waals surface area contributed by atoms with E-state index < -0.39 is 10.0 Å². The maximum Gasteiger partial charge on any atom is 0.213 e. The van der Waals surface area contributed by atoms with Crippen LogP contribution in [0.1, 0.15) is 25.3 Å². The molecule has 3 rings (SSSR count). The summed E-state index contributed by atoms with van der Waals surface area (Å²) in [6, 6.07) is 4.08. The van der Waals surface area contributed by atoms with Gasteiger partial charge in [0.1, 0.15) is 0 Å². The fraction of sp³-hybridized carbons (Fsp3) is 0.722. The number of rotatable bonds is 6. The number of nitrogens with zero attached hydrogens (tertiary/aromatic N) is 3. The second-order valence-corrected chi connectivity index (χ2v) is 9.60. The smallest absolute Gasteiger partial charge is 0.213 e. The number of pyridine rings is 1. The quantitative estimate of drug-likeness (QED) is 0.764. The van der Waals surface area contributed by atoms with Crippen LogP contribution < -0.4 is 0 Å². The fourth-order valence-electron chi connectivity index (χ4n) is 4.40. The van der Waals surface area contributed by atoms with Crippen LogP contribution in [0.25, 0.3) is 0 Å². The van der Waals surface area contributed by atoms with Crippen molar-refractivity contribution in [1.82, 2.24) is 14.2 Å². The van der Waals surface area contributed by atoms with Crippen molar-refractivity contribution in [3.63, 3.8) is 0 Å². The molecule has 0 radical (unpaired) electrons. The summed E-state index contributed by atoms with van der Waals surface area (Å²) in [6.45, 7) is 6.64. The van der Waals surface area contributed by atoms with Gasteiger partial charge in [-0.2, -0.15) is 0 Å². The number of aromatic nitrogens is 1. The Morgan fingerprint density at radius 2 is 2.12 bits per heavy atom. The first kappa shape index (κ1) is 18.8. The highest BCUT2D eigenvalue weighted by Crippen LogP contribution is 2.45. The molecule has 2 aliphatic heterocycles. The van der Waals surface area contributed by atoms with Crippen LogP contribution >= 0.6 is 0 Å². The van der Waals surface area contributed by atoms with Crippen molar-refractivity contribution < 1.29 is 13.2 Å². The van der Waals surface area contributed by atoms with E-state index in [4.69, 9.17) is 4.74 Å². The summed E-state index contributed by atoms with van der Waals surface area (Å²) >= 11 is 0. The Balaban J connectivity index is 1.69. The molecule has 2 aliphatic rings. The second kappa shape index (κ2) is 7.70. The van der Waals surface area contributed by atoms with E-state index in [0.29, 0.717) is 19.0 Å². The molecular weight excluding hydrogens is 338 g/mol. The molecule has 2 fully saturated rings. The minimum atomic E-state index is -3.08. The molecule has 0 aliphatic carbocycles. The third kappa shape index (κ3) is 4.05. The van der Waals surface area contributed by atoms with E-state index in [1.54, 1.807) is 24.5 Å². The van der Waals surface area contributed by atoms with Crippen molar-refractivity contribution in [2.75, 3.05) is 45.6 Å². The Kier molecular flexibility index (Phi) is 5.78. The molecule has 2 saturated heterocycles. The molecule has 0 bridgehead atoms. The Morgan fingerprint density at radius 3 is 2.72 bits per heavy atom. The summed E-state index contributed by atoms with van der Waals surface area (Å²) in [4.78, 5) is 6.68. The fourth-order valence-corrected chi connectivity index (χ4v) is 5.51. The van der Waals surface area contributed by atoms with Gasteiger partial charge in [-0.3, -0.25) is 9.88 Å². The number of hydrogen-bond donors (Lipinski definition) is 0. The van der Waals surface area contributed by atoms with Crippen LogP contribution in [0.15, 0.2) is 24.5 Å². The lowest BCUT2D eigenvalue weighted by Gasteiger charge is -2.42. The second-order valence-electron chi connectivity index (χ2n) is 7.35. The van der Waals surface area contributed by atoms with Gasteiger partial charge in [-0.25, -0.2) is 12.7 Å². The van der Waals surface area contributed by atoms with Crippen LogP contribution in [0.4, 0.5) is 0 Å². The summed E-state index contributed by atoms with van der Waals surface area (Å²) in [5.41, 5.74) is 1.39. The van der Waals surface area contributed by atoms with Crippen LogP contribution in [0.3, 0.4) is 0 Å². The largest absolute Gasteiger partial charge is 0.384 e. The minimum absolute atomic E-state index is 0.165. The van der Waals surface area contributed by atoms with Gasteiger partial charge in [-0.1, -0.05) is 6.07 Å². The number of piperidine rings is 1. The van der Waals surface area contributed by atoms with Gasteiger partial charge in [0, 0.05) is 58.1 Å². The zero-order chi connectivity index (χ0) is 17.9. The number of likely N-dealkylation sites (tertiary alicyclic amines) is 1. The SMILES string of the molecule is CCS(=O)(=O)N1CCC2(CC1)CN(Cc1cccnc1)CC2COC. The van der Waals surface area contributed by atoms with Crippen LogP contribution in [0, 0.1) is 11.3 Å². The summed E-state index contributed by atoms with van der Waals surface area (Å²) < 4.78 is 31.5. The molecule has 1 spiro atoms. The van der Waals surface area contributed by atoms with E-state index in [1.165, 1.54) is 5.56 Å². The predicted molar refractivity (Wildman–Crippen MR) is 97.6 cm³/mol. The van der Waals surface area contributed by atoms with Crippen molar-refractivity contribution in [1.29, 1.82) is 0 Å². The minimum Gasteiger partial charge on any atom is -0.384 e. The average molecular weight is 368 g/mol. The van der Waals surface area contributed by atoms with Gasteiger partial charge in [0.25, 0.3) is 0 Å². The monoisotopic (exact) mass is 367 g/mol. The summed E-state index contributed by atoms with van der Waals surface area (Å²) in [5, 5.41) is 0. The van der Waals surface area contributed by atoms with E-state index in [9.17, 15) is 8.42 Å². The van der Waals surface area contributed by atoms with E-state index >= 15 is 0 Å². The summed E-state index contributed by atoms with van der Waals surface area (Å²) in [7, 11) is -1.32. The summed E-state index contributed by atoms with van der Waals surface area (Å²) in [6.07, 6.45) is 5.56. The van der Waals surface area contributed by atoms with Gasteiger partial charge >= 0.3 is 0 Å². The molecule has 25 heavy (non-hydrogen) atoms. The normalized spacial score (nSPS) is 24.8. The maximum atomic E-state index is 12.2. The number of methoxy groups -OCH3 is 1. The lowest BCUT2D eigenvalue weighted by Crippen LogP contribution is -2.47. The Morgan fingerprint density at radius 1 is 1.36 bits per heavy atom. The molecule has 1 aromatic rings. The van der Waals surface area contributed by atoms with Crippen molar-refractivity contribution in [3.8, 4) is 0 Å². The maximum absolute atomic E-state index is 12.2. The lowest BCUT2D eigenvalue weighted by atomic mass is 9.71. The van der Waals surface area contributed by atoms with Crippen LogP contribution in [0.5, 0.6) is 0 Å². The third-order valence-electron chi connectivity index (χ3n) is 5.86. The highest BCUT2D eigenvalue weighted by Gasteiger charge is 2.48. The zero-order valence-corrected chi connectivity index (χ0v) is 16.0. The molecule has 3 heterocycles. The molecule has 0 N–H and O–H groups in total. The van der Waals surface area contributed by atoms with E-state index in [-0.39, 0.29) is 11.2 Å². The van der Waals surface area contributed by atoms with Gasteiger partial charge in [-0.05, 0) is 36.8 Å². The van der Waals surface area contributed by atoms with Crippen molar-refractivity contribution >= 4 is 10.0 Å². The molecule has 0 aromatic carbocycles. The van der Waals surface area contributed by atoms with Crippen molar-refractivity contribution in [2.24, 2.45) is 11.3 Å². The molecule has 0 amide bonds. The number of ether oxygens (including phenoxy) is 1. The summed E-state index contributed by atoms with van der Waals surface area (Å²) in [5.74, 6) is 0.648. The first-order valence-electron chi connectivity index (χ1n) is 9.07. The predicted octanol–water partition coefficient (Wildman–Crippen LogP) is 1.59. The topological polar surface area (TPSA) is 62.7 Å². The highest BCUT2D eigenvalue weighted by molar-refractivity contribution is 7.89. The molecule has 1 atom stereocenters. The van der Waals surface area contributed by atoms with E-state index in [1.807, 2.05) is 12.3 Å². The Hall–Kier alpha value is -1.02. The van der Waals surface area contributed by atoms with Crippen LogP contribution in [-0.4, -0.2) is 68.3 Å². The average Bonchev–Trinajstić information content (AvgIpc) is 2.93.